The van der Waals surface area contributed by atoms with Crippen LogP contribution in [0.15, 0.2) is 60.8 Å². The number of carbonyl (C=O) groups is 1. The van der Waals surface area contributed by atoms with E-state index in [4.69, 9.17) is 9.47 Å². The van der Waals surface area contributed by atoms with Crippen molar-refractivity contribution in [2.45, 2.75) is 0 Å². The normalized spacial score (nSPS) is 10.4. The predicted octanol–water partition coefficient (Wildman–Crippen LogP) is 3.05. The first-order chi connectivity index (χ1) is 11.8. The number of amides is 1. The molecule has 0 fully saturated rings. The molecule has 0 unspecified atom stereocenters. The molecule has 0 aliphatic carbocycles. The maximum absolute atomic E-state index is 12.2. The minimum Gasteiger partial charge on any atom is -0.497 e. The molecule has 0 aliphatic rings. The fourth-order valence-corrected chi connectivity index (χ4v) is 2.32. The third kappa shape index (κ3) is 3.81. The highest BCUT2D eigenvalue weighted by molar-refractivity contribution is 5.97. The van der Waals surface area contributed by atoms with Crippen molar-refractivity contribution in [2.75, 3.05) is 20.3 Å². The molecule has 2 aromatic carbocycles. The number of aromatic nitrogens is 1. The average Bonchev–Trinajstić information content (AvgIpc) is 2.65. The quantitative estimate of drug-likeness (QED) is 0.709. The van der Waals surface area contributed by atoms with E-state index in [-0.39, 0.29) is 5.91 Å². The molecule has 0 radical (unpaired) electrons. The highest BCUT2D eigenvalue weighted by Gasteiger charge is 2.06. The molecule has 0 atom stereocenters. The van der Waals surface area contributed by atoms with Crippen LogP contribution in [0.1, 0.15) is 10.4 Å². The number of nitrogens with one attached hydrogen (secondary N) is 1. The minimum atomic E-state index is -0.126. The Balaban J connectivity index is 1.51. The van der Waals surface area contributed by atoms with Crippen molar-refractivity contribution in [2.24, 2.45) is 0 Å². The third-order valence-electron chi connectivity index (χ3n) is 3.58. The largest absolute Gasteiger partial charge is 0.497 e. The van der Waals surface area contributed by atoms with Crippen LogP contribution in [0.2, 0.25) is 0 Å². The maximum Gasteiger partial charge on any atom is 0.251 e. The summed E-state index contributed by atoms with van der Waals surface area (Å²) in [6.07, 6.45) is 1.73. The van der Waals surface area contributed by atoms with Crippen LogP contribution in [0.3, 0.4) is 0 Å². The molecule has 0 saturated heterocycles. The molecule has 3 rings (SSSR count). The number of hydrogen-bond donors (Lipinski definition) is 1. The van der Waals surface area contributed by atoms with Gasteiger partial charge >= 0.3 is 0 Å². The van der Waals surface area contributed by atoms with Gasteiger partial charge < -0.3 is 14.8 Å². The van der Waals surface area contributed by atoms with Gasteiger partial charge in [-0.15, -0.1) is 0 Å². The lowest BCUT2D eigenvalue weighted by Crippen LogP contribution is -2.28. The van der Waals surface area contributed by atoms with Crippen molar-refractivity contribution >= 4 is 16.8 Å². The van der Waals surface area contributed by atoms with Crippen LogP contribution in [0, 0.1) is 0 Å². The predicted molar refractivity (Wildman–Crippen MR) is 92.6 cm³/mol. The van der Waals surface area contributed by atoms with Gasteiger partial charge in [0.15, 0.2) is 0 Å². The molecule has 1 aromatic heterocycles. The molecular formula is C19H18N2O3. The summed E-state index contributed by atoms with van der Waals surface area (Å²) >= 11 is 0. The van der Waals surface area contributed by atoms with Gasteiger partial charge in [-0.1, -0.05) is 6.07 Å². The Morgan fingerprint density at radius 3 is 2.67 bits per heavy atom. The number of rotatable bonds is 6. The van der Waals surface area contributed by atoms with Gasteiger partial charge in [0.05, 0.1) is 19.2 Å². The highest BCUT2D eigenvalue weighted by atomic mass is 16.5. The lowest BCUT2D eigenvalue weighted by Gasteiger charge is -2.09. The Labute approximate surface area is 140 Å². The second-order valence-corrected chi connectivity index (χ2v) is 5.19. The molecule has 0 saturated carbocycles. The van der Waals surface area contributed by atoms with Crippen LogP contribution in [0.25, 0.3) is 10.9 Å². The lowest BCUT2D eigenvalue weighted by atomic mass is 10.1. The van der Waals surface area contributed by atoms with Gasteiger partial charge in [0.2, 0.25) is 0 Å². The summed E-state index contributed by atoms with van der Waals surface area (Å²) in [5.41, 5.74) is 1.48. The summed E-state index contributed by atoms with van der Waals surface area (Å²) in [6.45, 7) is 0.823. The first kappa shape index (κ1) is 15.8. The fourth-order valence-electron chi connectivity index (χ4n) is 2.32. The summed E-state index contributed by atoms with van der Waals surface area (Å²) in [4.78, 5) is 16.4. The van der Waals surface area contributed by atoms with E-state index in [1.54, 1.807) is 19.4 Å². The van der Waals surface area contributed by atoms with Crippen molar-refractivity contribution in [3.63, 3.8) is 0 Å². The van der Waals surface area contributed by atoms with E-state index in [9.17, 15) is 4.79 Å². The van der Waals surface area contributed by atoms with Gasteiger partial charge in [0.25, 0.3) is 5.91 Å². The van der Waals surface area contributed by atoms with Crippen molar-refractivity contribution < 1.29 is 14.3 Å². The Bertz CT molecular complexity index is 831. The molecule has 5 nitrogen and oxygen atoms in total. The van der Waals surface area contributed by atoms with Crippen molar-refractivity contribution in [1.29, 1.82) is 0 Å². The molecule has 24 heavy (non-hydrogen) atoms. The third-order valence-corrected chi connectivity index (χ3v) is 3.58. The standard InChI is InChI=1S/C19H18N2O3/c1-23-16-5-7-17(8-6-16)24-12-11-21-19(22)15-4-9-18-14(13-15)3-2-10-20-18/h2-10,13H,11-12H2,1H3,(H,21,22). The molecule has 0 aliphatic heterocycles. The molecule has 1 amide bonds. The Hall–Kier alpha value is -3.08. The van der Waals surface area contributed by atoms with Gasteiger partial charge in [-0.25, -0.2) is 0 Å². The number of hydrogen-bond acceptors (Lipinski definition) is 4. The lowest BCUT2D eigenvalue weighted by molar-refractivity contribution is 0.0947. The Morgan fingerprint density at radius 1 is 1.08 bits per heavy atom. The molecule has 1 N–H and O–H groups in total. The van der Waals surface area contributed by atoms with E-state index in [2.05, 4.69) is 10.3 Å². The van der Waals surface area contributed by atoms with Crippen LogP contribution in [-0.2, 0) is 0 Å². The number of methoxy groups -OCH3 is 1. The number of benzene rings is 2. The first-order valence-corrected chi connectivity index (χ1v) is 7.66. The average molecular weight is 322 g/mol. The van der Waals surface area contributed by atoms with Crippen LogP contribution in [0.4, 0.5) is 0 Å². The smallest absolute Gasteiger partial charge is 0.251 e. The first-order valence-electron chi connectivity index (χ1n) is 7.66. The van der Waals surface area contributed by atoms with Crippen LogP contribution in [0.5, 0.6) is 11.5 Å². The zero-order chi connectivity index (χ0) is 16.8. The number of carbonyl (C=O) groups excluding carboxylic acids is 1. The molecule has 0 bridgehead atoms. The van der Waals surface area contributed by atoms with Gasteiger partial charge in [-0.2, -0.15) is 0 Å². The molecule has 5 heteroatoms. The summed E-state index contributed by atoms with van der Waals surface area (Å²) in [5, 5.41) is 3.79. The van der Waals surface area contributed by atoms with Crippen molar-refractivity contribution in [3.8, 4) is 11.5 Å². The van der Waals surface area contributed by atoms with Gasteiger partial charge in [0, 0.05) is 17.1 Å². The summed E-state index contributed by atoms with van der Waals surface area (Å²) in [5.74, 6) is 1.39. The van der Waals surface area contributed by atoms with E-state index in [0.29, 0.717) is 18.7 Å². The van der Waals surface area contributed by atoms with Crippen LogP contribution in [-0.4, -0.2) is 31.2 Å². The van der Waals surface area contributed by atoms with E-state index in [1.165, 1.54) is 0 Å². The highest BCUT2D eigenvalue weighted by Crippen LogP contribution is 2.17. The zero-order valence-corrected chi connectivity index (χ0v) is 13.4. The van der Waals surface area contributed by atoms with E-state index >= 15 is 0 Å². The minimum absolute atomic E-state index is 0.126. The fraction of sp³-hybridized carbons (Fsp3) is 0.158. The molecule has 0 spiro atoms. The Morgan fingerprint density at radius 2 is 1.88 bits per heavy atom. The van der Waals surface area contributed by atoms with Crippen LogP contribution >= 0.6 is 0 Å². The summed E-state index contributed by atoms with van der Waals surface area (Å²) in [6, 6.07) is 16.6. The SMILES string of the molecule is COc1ccc(OCCNC(=O)c2ccc3ncccc3c2)cc1. The van der Waals surface area contributed by atoms with E-state index in [1.807, 2.05) is 48.5 Å². The second-order valence-electron chi connectivity index (χ2n) is 5.19. The maximum atomic E-state index is 12.2. The van der Waals surface area contributed by atoms with Crippen molar-refractivity contribution in [3.05, 3.63) is 66.4 Å². The monoisotopic (exact) mass is 322 g/mol. The van der Waals surface area contributed by atoms with Crippen molar-refractivity contribution in [1.82, 2.24) is 10.3 Å². The topological polar surface area (TPSA) is 60.5 Å². The van der Waals surface area contributed by atoms with E-state index < -0.39 is 0 Å². The van der Waals surface area contributed by atoms with E-state index in [0.717, 1.165) is 22.4 Å². The molecular weight excluding hydrogens is 304 g/mol. The Kier molecular flexibility index (Phi) is 4.91. The summed E-state index contributed by atoms with van der Waals surface area (Å²) < 4.78 is 10.7. The number of nitrogens with zero attached hydrogens (tertiary/aromatic N) is 1. The van der Waals surface area contributed by atoms with Gasteiger partial charge in [-0.3, -0.25) is 9.78 Å². The molecule has 122 valence electrons. The number of fused-ring (bicyclic) bond motifs is 1. The van der Waals surface area contributed by atoms with Crippen LogP contribution < -0.4 is 14.8 Å². The van der Waals surface area contributed by atoms with Gasteiger partial charge in [-0.05, 0) is 48.5 Å². The molecule has 3 aromatic rings. The second kappa shape index (κ2) is 7.46. The number of pyridine rings is 1. The number of ether oxygens (including phenoxy) is 2. The molecule has 1 heterocycles. The van der Waals surface area contributed by atoms with Gasteiger partial charge in [0.1, 0.15) is 18.1 Å². The zero-order valence-electron chi connectivity index (χ0n) is 13.4. The summed E-state index contributed by atoms with van der Waals surface area (Å²) in [7, 11) is 1.62.